The largest absolute Gasteiger partial charge is 0.481 e. The molecule has 0 spiro atoms. The van der Waals surface area contributed by atoms with E-state index in [1.807, 2.05) is 12.1 Å². The summed E-state index contributed by atoms with van der Waals surface area (Å²) >= 11 is 0. The molecule has 0 atom stereocenters. The van der Waals surface area contributed by atoms with Gasteiger partial charge in [0, 0.05) is 12.5 Å². The van der Waals surface area contributed by atoms with Gasteiger partial charge in [-0.05, 0) is 61.6 Å². The van der Waals surface area contributed by atoms with Gasteiger partial charge < -0.3 is 25.2 Å². The van der Waals surface area contributed by atoms with E-state index < -0.39 is 11.9 Å². The summed E-state index contributed by atoms with van der Waals surface area (Å²) in [6.07, 6.45) is 4.81. The molecule has 1 aliphatic heterocycles. The summed E-state index contributed by atoms with van der Waals surface area (Å²) in [5.41, 5.74) is 2.09. The van der Waals surface area contributed by atoms with Crippen molar-refractivity contribution >= 4 is 23.5 Å². The minimum atomic E-state index is -0.820. The maximum atomic E-state index is 13.2. The molecule has 2 amide bonds. The molecule has 1 aliphatic carbocycles. The number of nitrogens with one attached hydrogen (secondary N) is 2. The average Bonchev–Trinajstić information content (AvgIpc) is 3.59. The quantitative estimate of drug-likeness (QED) is 0.458. The van der Waals surface area contributed by atoms with Crippen LogP contribution < -0.4 is 20.1 Å². The average molecular weight is 492 g/mol. The standard InChI is InChI=1S/C25H25N5O6/c31-23(16-2-4-17(5-3-16)25(33)34)29-20-7-6-18(30-13-26-12-28-30)10-19(20)24(32)27-11-15-1-8-21-22(9-15)36-14-35-21/h1,6-10,12-13,16-17H,2-5,11,14H2,(H,27,32)(H,29,31)(H,33,34). The first kappa shape index (κ1) is 23.3. The van der Waals surface area contributed by atoms with Gasteiger partial charge in [0.1, 0.15) is 12.7 Å². The fourth-order valence-corrected chi connectivity index (χ4v) is 4.48. The van der Waals surface area contributed by atoms with Crippen molar-refractivity contribution in [2.45, 2.75) is 32.2 Å². The molecule has 11 heteroatoms. The van der Waals surface area contributed by atoms with Crippen LogP contribution >= 0.6 is 0 Å². The SMILES string of the molecule is O=C(NCc1ccc2c(c1)OCO2)c1cc(-n2cncn2)ccc1NC(=O)C1CCC(C(=O)O)CC1. The number of rotatable bonds is 7. The van der Waals surface area contributed by atoms with Crippen molar-refractivity contribution in [2.24, 2.45) is 11.8 Å². The summed E-state index contributed by atoms with van der Waals surface area (Å²) in [7, 11) is 0. The van der Waals surface area contributed by atoms with E-state index in [-0.39, 0.29) is 36.6 Å². The first-order valence-electron chi connectivity index (χ1n) is 11.7. The third-order valence-electron chi connectivity index (χ3n) is 6.53. The molecular formula is C25H25N5O6. The highest BCUT2D eigenvalue weighted by Gasteiger charge is 2.30. The summed E-state index contributed by atoms with van der Waals surface area (Å²) in [5, 5.41) is 19.1. The third-order valence-corrected chi connectivity index (χ3v) is 6.53. The molecule has 0 bridgehead atoms. The molecule has 0 saturated heterocycles. The number of benzene rings is 2. The van der Waals surface area contributed by atoms with E-state index in [0.717, 1.165) is 5.56 Å². The number of aromatic nitrogens is 3. The van der Waals surface area contributed by atoms with Crippen molar-refractivity contribution in [3.05, 3.63) is 60.2 Å². The molecule has 3 N–H and O–H groups in total. The Bertz CT molecular complexity index is 1280. The number of amides is 2. The van der Waals surface area contributed by atoms with Crippen LogP contribution in [0, 0.1) is 11.8 Å². The van der Waals surface area contributed by atoms with Crippen molar-refractivity contribution in [2.75, 3.05) is 12.1 Å². The Morgan fingerprint density at radius 3 is 2.53 bits per heavy atom. The third kappa shape index (κ3) is 4.99. The van der Waals surface area contributed by atoms with E-state index in [4.69, 9.17) is 9.47 Å². The second kappa shape index (κ2) is 10.1. The molecule has 2 heterocycles. The molecule has 0 unspecified atom stereocenters. The number of fused-ring (bicyclic) bond motifs is 1. The molecule has 1 saturated carbocycles. The zero-order chi connectivity index (χ0) is 25.1. The van der Waals surface area contributed by atoms with E-state index in [0.29, 0.717) is 48.6 Å². The Hall–Kier alpha value is -4.41. The van der Waals surface area contributed by atoms with Crippen LogP contribution in [-0.4, -0.2) is 44.4 Å². The number of carbonyl (C=O) groups is 3. The molecule has 2 aromatic carbocycles. The van der Waals surface area contributed by atoms with Crippen LogP contribution in [0.25, 0.3) is 5.69 Å². The van der Waals surface area contributed by atoms with Gasteiger partial charge in [0.25, 0.3) is 5.91 Å². The highest BCUT2D eigenvalue weighted by molar-refractivity contribution is 6.04. The number of ether oxygens (including phenoxy) is 2. The number of aliphatic carboxylic acids is 1. The number of anilines is 1. The summed E-state index contributed by atoms with van der Waals surface area (Å²) in [4.78, 5) is 41.4. The fraction of sp³-hybridized carbons (Fsp3) is 0.320. The normalized spacial score (nSPS) is 18.4. The highest BCUT2D eigenvalue weighted by atomic mass is 16.7. The Morgan fingerprint density at radius 1 is 1.00 bits per heavy atom. The lowest BCUT2D eigenvalue weighted by atomic mass is 9.81. The molecular weight excluding hydrogens is 466 g/mol. The van der Waals surface area contributed by atoms with E-state index in [1.165, 1.54) is 17.3 Å². The number of carboxylic acids is 1. The lowest BCUT2D eigenvalue weighted by molar-refractivity contribution is -0.143. The molecule has 36 heavy (non-hydrogen) atoms. The monoisotopic (exact) mass is 491 g/mol. The van der Waals surface area contributed by atoms with E-state index >= 15 is 0 Å². The zero-order valence-corrected chi connectivity index (χ0v) is 19.3. The van der Waals surface area contributed by atoms with Gasteiger partial charge >= 0.3 is 5.97 Å². The number of carbonyl (C=O) groups excluding carboxylic acids is 2. The van der Waals surface area contributed by atoms with Gasteiger partial charge in [0.2, 0.25) is 12.7 Å². The summed E-state index contributed by atoms with van der Waals surface area (Å²) < 4.78 is 12.2. The predicted octanol–water partition coefficient (Wildman–Crippen LogP) is 2.76. The fourth-order valence-electron chi connectivity index (χ4n) is 4.48. The second-order valence-corrected chi connectivity index (χ2v) is 8.82. The van der Waals surface area contributed by atoms with Crippen LogP contribution in [0.4, 0.5) is 5.69 Å². The lowest BCUT2D eigenvalue weighted by Gasteiger charge is -2.25. The van der Waals surface area contributed by atoms with Crippen LogP contribution in [0.2, 0.25) is 0 Å². The number of hydrogen-bond donors (Lipinski definition) is 3. The van der Waals surface area contributed by atoms with Gasteiger partial charge in [-0.1, -0.05) is 6.07 Å². The number of hydrogen-bond acceptors (Lipinski definition) is 7. The first-order chi connectivity index (χ1) is 17.5. The van der Waals surface area contributed by atoms with Gasteiger partial charge in [-0.3, -0.25) is 14.4 Å². The second-order valence-electron chi connectivity index (χ2n) is 8.82. The zero-order valence-electron chi connectivity index (χ0n) is 19.3. The van der Waals surface area contributed by atoms with Gasteiger partial charge in [0.15, 0.2) is 11.5 Å². The van der Waals surface area contributed by atoms with Gasteiger partial charge in [-0.15, -0.1) is 0 Å². The van der Waals surface area contributed by atoms with E-state index in [1.54, 1.807) is 24.3 Å². The highest BCUT2D eigenvalue weighted by Crippen LogP contribution is 2.33. The lowest BCUT2D eigenvalue weighted by Crippen LogP contribution is -2.31. The van der Waals surface area contributed by atoms with Gasteiger partial charge in [-0.2, -0.15) is 5.10 Å². The summed E-state index contributed by atoms with van der Waals surface area (Å²) in [5.74, 6) is -0.849. The Kier molecular flexibility index (Phi) is 6.52. The number of nitrogens with zero attached hydrogens (tertiary/aromatic N) is 3. The molecule has 2 aliphatic rings. The minimum absolute atomic E-state index is 0.168. The Labute approximate surface area is 206 Å². The molecule has 1 fully saturated rings. The van der Waals surface area contributed by atoms with Gasteiger partial charge in [-0.25, -0.2) is 9.67 Å². The molecule has 1 aromatic heterocycles. The van der Waals surface area contributed by atoms with Crippen molar-refractivity contribution in [1.29, 1.82) is 0 Å². The molecule has 186 valence electrons. The van der Waals surface area contributed by atoms with Crippen LogP contribution in [-0.2, 0) is 16.1 Å². The van der Waals surface area contributed by atoms with Gasteiger partial charge in [0.05, 0.1) is 22.9 Å². The Balaban J connectivity index is 1.32. The van der Waals surface area contributed by atoms with Crippen molar-refractivity contribution in [3.8, 4) is 17.2 Å². The van der Waals surface area contributed by atoms with E-state index in [9.17, 15) is 19.5 Å². The predicted molar refractivity (Wildman–Crippen MR) is 127 cm³/mol. The van der Waals surface area contributed by atoms with Crippen molar-refractivity contribution < 1.29 is 29.0 Å². The number of carboxylic acid groups (broad SMARTS) is 1. The molecule has 0 radical (unpaired) electrons. The van der Waals surface area contributed by atoms with Crippen LogP contribution in [0.3, 0.4) is 0 Å². The Morgan fingerprint density at radius 2 is 1.78 bits per heavy atom. The smallest absolute Gasteiger partial charge is 0.306 e. The van der Waals surface area contributed by atoms with E-state index in [2.05, 4.69) is 20.7 Å². The summed E-state index contributed by atoms with van der Waals surface area (Å²) in [6, 6.07) is 10.5. The minimum Gasteiger partial charge on any atom is -0.481 e. The topological polar surface area (TPSA) is 145 Å². The van der Waals surface area contributed by atoms with Crippen LogP contribution in [0.15, 0.2) is 49.1 Å². The summed E-state index contributed by atoms with van der Waals surface area (Å²) in [6.45, 7) is 0.414. The molecule has 5 rings (SSSR count). The first-order valence-corrected chi connectivity index (χ1v) is 11.7. The van der Waals surface area contributed by atoms with Crippen LogP contribution in [0.5, 0.6) is 11.5 Å². The maximum absolute atomic E-state index is 13.2. The molecule has 3 aromatic rings. The van der Waals surface area contributed by atoms with Crippen molar-refractivity contribution in [3.63, 3.8) is 0 Å². The van der Waals surface area contributed by atoms with Crippen molar-refractivity contribution in [1.82, 2.24) is 20.1 Å². The maximum Gasteiger partial charge on any atom is 0.306 e. The molecule has 11 nitrogen and oxygen atoms in total. The van der Waals surface area contributed by atoms with Crippen LogP contribution in [0.1, 0.15) is 41.6 Å².